The second kappa shape index (κ2) is 7.09. The van der Waals surface area contributed by atoms with E-state index in [1.54, 1.807) is 0 Å². The monoisotopic (exact) mass is 344 g/mol. The molecule has 0 aromatic heterocycles. The lowest BCUT2D eigenvalue weighted by Crippen LogP contribution is -2.45. The molecule has 2 fully saturated rings. The normalized spacial score (nSPS) is 27.6. The average molecular weight is 344 g/mol. The van der Waals surface area contributed by atoms with Gasteiger partial charge in [-0.15, -0.1) is 0 Å². The fourth-order valence-corrected chi connectivity index (χ4v) is 3.18. The lowest BCUT2D eigenvalue weighted by atomic mass is 9.98. The fraction of sp³-hybridized carbons (Fsp3) is 0.875. The van der Waals surface area contributed by atoms with E-state index in [2.05, 4.69) is 4.40 Å². The molecule has 1 unspecified atom stereocenters. The van der Waals surface area contributed by atoms with Crippen LogP contribution in [0.3, 0.4) is 0 Å². The Bertz CT molecular complexity index is 453. The molecule has 2 atom stereocenters. The number of carbonyl (C=O) groups is 1. The van der Waals surface area contributed by atoms with Gasteiger partial charge in [-0.25, -0.2) is 0 Å². The maximum atomic E-state index is 12.4. The molecule has 0 aliphatic carbocycles. The third kappa shape index (κ3) is 5.17. The fourth-order valence-electron chi connectivity index (χ4n) is 2.58. The molecule has 7 heteroatoms. The number of likely N-dealkylation sites (tertiary alicyclic amines) is 1. The lowest BCUT2D eigenvalue weighted by Gasteiger charge is -2.32. The van der Waals surface area contributed by atoms with Gasteiger partial charge in [-0.1, -0.05) is 4.40 Å². The van der Waals surface area contributed by atoms with Crippen molar-refractivity contribution in [3.63, 3.8) is 0 Å². The SMILES string of the molecule is CC1(C)OC[C@H](C(=O)N2CCC(/C=N/[S+]([O-])C(C)(C)C)CC2)O1. The molecule has 0 aromatic rings. The molecule has 6 nitrogen and oxygen atoms in total. The Morgan fingerprint density at radius 2 is 1.96 bits per heavy atom. The summed E-state index contributed by atoms with van der Waals surface area (Å²) in [5, 5.41) is 0. The second-order valence-electron chi connectivity index (χ2n) is 7.60. The van der Waals surface area contributed by atoms with Crippen LogP contribution in [0, 0.1) is 5.92 Å². The quantitative estimate of drug-likeness (QED) is 0.579. The first-order valence-electron chi connectivity index (χ1n) is 8.15. The first-order chi connectivity index (χ1) is 10.6. The summed E-state index contributed by atoms with van der Waals surface area (Å²) < 4.78 is 26.9. The Labute approximate surface area is 141 Å². The topological polar surface area (TPSA) is 74.2 Å². The Balaban J connectivity index is 1.80. The van der Waals surface area contributed by atoms with Gasteiger partial charge in [-0.2, -0.15) is 0 Å². The smallest absolute Gasteiger partial charge is 0.254 e. The predicted molar refractivity (Wildman–Crippen MR) is 90.6 cm³/mol. The van der Waals surface area contributed by atoms with Gasteiger partial charge in [0.1, 0.15) is 16.1 Å². The van der Waals surface area contributed by atoms with E-state index in [1.807, 2.05) is 45.7 Å². The molecule has 2 saturated heterocycles. The zero-order valence-corrected chi connectivity index (χ0v) is 15.5. The minimum Gasteiger partial charge on any atom is -0.591 e. The van der Waals surface area contributed by atoms with Gasteiger partial charge < -0.3 is 18.9 Å². The Morgan fingerprint density at radius 3 is 2.43 bits per heavy atom. The molecule has 23 heavy (non-hydrogen) atoms. The number of carbonyl (C=O) groups excluding carboxylic acids is 1. The van der Waals surface area contributed by atoms with Gasteiger partial charge in [0.15, 0.2) is 11.9 Å². The number of piperidine rings is 1. The predicted octanol–water partition coefficient (Wildman–Crippen LogP) is 1.91. The first-order valence-corrected chi connectivity index (χ1v) is 9.26. The highest BCUT2D eigenvalue weighted by molar-refractivity contribution is 7.91. The zero-order chi connectivity index (χ0) is 17.3. The van der Waals surface area contributed by atoms with Gasteiger partial charge >= 0.3 is 0 Å². The molecule has 0 aromatic carbocycles. The highest BCUT2D eigenvalue weighted by Gasteiger charge is 2.39. The third-order valence-electron chi connectivity index (χ3n) is 4.03. The summed E-state index contributed by atoms with van der Waals surface area (Å²) >= 11 is -1.21. The van der Waals surface area contributed by atoms with Crippen molar-refractivity contribution in [3.05, 3.63) is 0 Å². The maximum Gasteiger partial charge on any atom is 0.254 e. The van der Waals surface area contributed by atoms with Gasteiger partial charge in [0, 0.05) is 19.0 Å². The van der Waals surface area contributed by atoms with Crippen LogP contribution < -0.4 is 0 Å². The number of ether oxygens (including phenoxy) is 2. The van der Waals surface area contributed by atoms with Crippen molar-refractivity contribution >= 4 is 23.5 Å². The van der Waals surface area contributed by atoms with Crippen LogP contribution in [0.25, 0.3) is 0 Å². The summed E-state index contributed by atoms with van der Waals surface area (Å²) in [5.74, 6) is -0.394. The van der Waals surface area contributed by atoms with E-state index >= 15 is 0 Å². The summed E-state index contributed by atoms with van der Waals surface area (Å²) in [5.41, 5.74) is 0. The van der Waals surface area contributed by atoms with Crippen molar-refractivity contribution < 1.29 is 18.8 Å². The van der Waals surface area contributed by atoms with Gasteiger partial charge in [0.2, 0.25) is 0 Å². The number of hydrogen-bond donors (Lipinski definition) is 0. The zero-order valence-electron chi connectivity index (χ0n) is 14.7. The Morgan fingerprint density at radius 1 is 1.35 bits per heavy atom. The standard InChI is InChI=1S/C16H28N2O4S/c1-15(2,3)23(20)17-10-12-6-8-18(9-7-12)14(19)13-11-21-16(4,5)22-13/h10,12-13H,6-9,11H2,1-5H3/b17-10+/t13-,23?/m1/s1. The van der Waals surface area contributed by atoms with Gasteiger partial charge in [0.25, 0.3) is 5.91 Å². The maximum absolute atomic E-state index is 12.4. The first kappa shape index (κ1) is 18.7. The highest BCUT2D eigenvalue weighted by Crippen LogP contribution is 2.25. The van der Waals surface area contributed by atoms with Crippen LogP contribution >= 0.6 is 0 Å². The van der Waals surface area contributed by atoms with Crippen LogP contribution in [-0.2, 0) is 25.6 Å². The molecule has 2 heterocycles. The molecule has 0 radical (unpaired) electrons. The molecule has 0 saturated carbocycles. The molecule has 2 rings (SSSR count). The molecule has 132 valence electrons. The van der Waals surface area contributed by atoms with Crippen molar-refractivity contribution in [1.29, 1.82) is 0 Å². The van der Waals surface area contributed by atoms with Crippen molar-refractivity contribution in [2.24, 2.45) is 10.3 Å². The van der Waals surface area contributed by atoms with Gasteiger partial charge in [0.05, 0.1) is 12.8 Å². The van der Waals surface area contributed by atoms with Crippen molar-refractivity contribution in [3.8, 4) is 0 Å². The summed E-state index contributed by atoms with van der Waals surface area (Å²) in [6.45, 7) is 11.0. The number of hydrogen-bond acceptors (Lipinski definition) is 5. The van der Waals surface area contributed by atoms with Crippen molar-refractivity contribution in [2.45, 2.75) is 64.1 Å². The van der Waals surface area contributed by atoms with E-state index in [9.17, 15) is 9.35 Å². The molecular weight excluding hydrogens is 316 g/mol. The molecule has 0 bridgehead atoms. The average Bonchev–Trinajstić information content (AvgIpc) is 2.83. The molecule has 0 N–H and O–H groups in total. The Kier molecular flexibility index (Phi) is 5.76. The van der Waals surface area contributed by atoms with E-state index < -0.39 is 23.3 Å². The molecular formula is C16H28N2O4S. The molecule has 0 spiro atoms. The highest BCUT2D eigenvalue weighted by atomic mass is 32.2. The van der Waals surface area contributed by atoms with Crippen LogP contribution in [0.1, 0.15) is 47.5 Å². The lowest BCUT2D eigenvalue weighted by molar-refractivity contribution is -0.160. The third-order valence-corrected chi connectivity index (χ3v) is 5.39. The second-order valence-corrected chi connectivity index (χ2v) is 9.53. The number of nitrogens with zero attached hydrogens (tertiary/aromatic N) is 2. The van der Waals surface area contributed by atoms with E-state index in [0.717, 1.165) is 12.8 Å². The van der Waals surface area contributed by atoms with Crippen LogP contribution in [0.5, 0.6) is 0 Å². The number of rotatable bonds is 3. The van der Waals surface area contributed by atoms with Crippen molar-refractivity contribution in [1.82, 2.24) is 4.90 Å². The van der Waals surface area contributed by atoms with E-state index in [4.69, 9.17) is 9.47 Å². The largest absolute Gasteiger partial charge is 0.591 e. The minimum absolute atomic E-state index is 0.00392. The Hall–Kier alpha value is -0.630. The van der Waals surface area contributed by atoms with E-state index in [-0.39, 0.29) is 16.6 Å². The van der Waals surface area contributed by atoms with Gasteiger partial charge in [-0.05, 0) is 47.5 Å². The molecule has 1 amide bonds. The summed E-state index contributed by atoms with van der Waals surface area (Å²) in [4.78, 5) is 14.3. The minimum atomic E-state index is -1.21. The van der Waals surface area contributed by atoms with E-state index in [0.29, 0.717) is 19.7 Å². The summed E-state index contributed by atoms with van der Waals surface area (Å²) in [6, 6.07) is 0. The van der Waals surface area contributed by atoms with Crippen LogP contribution in [0.2, 0.25) is 0 Å². The van der Waals surface area contributed by atoms with E-state index in [1.165, 1.54) is 0 Å². The van der Waals surface area contributed by atoms with Crippen LogP contribution in [-0.4, -0.2) is 57.9 Å². The molecule has 2 aliphatic rings. The van der Waals surface area contributed by atoms with Crippen LogP contribution in [0.4, 0.5) is 0 Å². The van der Waals surface area contributed by atoms with Gasteiger partial charge in [-0.3, -0.25) is 4.79 Å². The summed E-state index contributed by atoms with van der Waals surface area (Å²) in [6.07, 6.45) is 2.99. The van der Waals surface area contributed by atoms with Crippen LogP contribution in [0.15, 0.2) is 4.40 Å². The van der Waals surface area contributed by atoms with Crippen molar-refractivity contribution in [2.75, 3.05) is 19.7 Å². The summed E-state index contributed by atoms with van der Waals surface area (Å²) in [7, 11) is 0. The number of amides is 1. The molecule has 2 aliphatic heterocycles.